The summed E-state index contributed by atoms with van der Waals surface area (Å²) >= 11 is 6.09. The number of aromatic nitrogens is 2. The Balaban J connectivity index is 1.64. The summed E-state index contributed by atoms with van der Waals surface area (Å²) in [7, 11) is 1.61. The number of likely N-dealkylation sites (tertiary alicyclic amines) is 1. The van der Waals surface area contributed by atoms with Gasteiger partial charge in [-0.1, -0.05) is 24.4 Å². The van der Waals surface area contributed by atoms with E-state index in [-0.39, 0.29) is 10.6 Å². The van der Waals surface area contributed by atoms with Gasteiger partial charge in [0.2, 0.25) is 0 Å². The van der Waals surface area contributed by atoms with Crippen LogP contribution in [0.1, 0.15) is 32.1 Å². The van der Waals surface area contributed by atoms with E-state index in [0.29, 0.717) is 11.7 Å². The molecule has 2 fully saturated rings. The van der Waals surface area contributed by atoms with Crippen molar-refractivity contribution in [2.75, 3.05) is 18.4 Å². The highest BCUT2D eigenvalue weighted by Crippen LogP contribution is 2.28. The van der Waals surface area contributed by atoms with Crippen molar-refractivity contribution in [3.05, 3.63) is 21.6 Å². The van der Waals surface area contributed by atoms with Crippen LogP contribution in [0, 0.1) is 0 Å². The smallest absolute Gasteiger partial charge is 0.287 e. The first kappa shape index (κ1) is 13.9. The van der Waals surface area contributed by atoms with Gasteiger partial charge in [0.15, 0.2) is 0 Å². The van der Waals surface area contributed by atoms with Crippen LogP contribution < -0.4 is 10.9 Å². The fourth-order valence-electron chi connectivity index (χ4n) is 3.34. The molecule has 2 heterocycles. The average molecular weight is 297 g/mol. The van der Waals surface area contributed by atoms with E-state index in [0.717, 1.165) is 25.6 Å². The normalized spacial score (nSPS) is 24.4. The molecule has 0 unspecified atom stereocenters. The number of hydrogen-bond donors (Lipinski definition) is 1. The third kappa shape index (κ3) is 2.69. The Morgan fingerprint density at radius 1 is 1.35 bits per heavy atom. The van der Waals surface area contributed by atoms with Gasteiger partial charge >= 0.3 is 0 Å². The predicted molar refractivity (Wildman–Crippen MR) is 80.3 cm³/mol. The van der Waals surface area contributed by atoms with E-state index in [1.165, 1.54) is 30.4 Å². The Bertz CT molecular complexity index is 538. The molecule has 5 nitrogen and oxygen atoms in total. The monoisotopic (exact) mass is 296 g/mol. The summed E-state index contributed by atoms with van der Waals surface area (Å²) in [6, 6.07) is 1.13. The maximum atomic E-state index is 11.8. The second kappa shape index (κ2) is 5.74. The van der Waals surface area contributed by atoms with Crippen molar-refractivity contribution in [2.24, 2.45) is 7.05 Å². The van der Waals surface area contributed by atoms with Crippen LogP contribution in [0.15, 0.2) is 11.0 Å². The second-order valence-electron chi connectivity index (χ2n) is 5.86. The fourth-order valence-corrected chi connectivity index (χ4v) is 3.56. The van der Waals surface area contributed by atoms with Gasteiger partial charge in [0.25, 0.3) is 5.56 Å². The third-order valence-electron chi connectivity index (χ3n) is 4.50. The van der Waals surface area contributed by atoms with E-state index in [9.17, 15) is 4.79 Å². The van der Waals surface area contributed by atoms with Crippen LogP contribution in [0.3, 0.4) is 0 Å². The molecule has 1 aliphatic carbocycles. The van der Waals surface area contributed by atoms with Crippen molar-refractivity contribution in [1.82, 2.24) is 14.7 Å². The minimum atomic E-state index is -0.248. The first-order valence-corrected chi connectivity index (χ1v) is 7.75. The molecule has 0 radical (unpaired) electrons. The Morgan fingerprint density at radius 3 is 2.85 bits per heavy atom. The first-order chi connectivity index (χ1) is 9.65. The van der Waals surface area contributed by atoms with Crippen molar-refractivity contribution in [2.45, 2.75) is 44.2 Å². The van der Waals surface area contributed by atoms with Crippen LogP contribution >= 0.6 is 11.6 Å². The van der Waals surface area contributed by atoms with Crippen LogP contribution in [0.2, 0.25) is 5.02 Å². The molecular formula is C14H21ClN4O. The van der Waals surface area contributed by atoms with E-state index in [2.05, 4.69) is 15.3 Å². The lowest BCUT2D eigenvalue weighted by molar-refractivity contribution is 0.245. The van der Waals surface area contributed by atoms with Gasteiger partial charge in [-0.05, 0) is 19.3 Å². The van der Waals surface area contributed by atoms with Crippen molar-refractivity contribution >= 4 is 17.3 Å². The Labute approximate surface area is 123 Å². The van der Waals surface area contributed by atoms with Gasteiger partial charge in [-0.2, -0.15) is 5.10 Å². The van der Waals surface area contributed by atoms with Crippen molar-refractivity contribution in [3.8, 4) is 0 Å². The highest BCUT2D eigenvalue weighted by atomic mass is 35.5. The molecule has 2 aliphatic rings. The average Bonchev–Trinajstić information content (AvgIpc) is 3.10. The molecule has 20 heavy (non-hydrogen) atoms. The molecule has 1 aromatic heterocycles. The summed E-state index contributed by atoms with van der Waals surface area (Å²) in [5.41, 5.74) is 0.412. The molecule has 1 atom stereocenters. The summed E-state index contributed by atoms with van der Waals surface area (Å²) in [6.45, 7) is 2.18. The molecule has 6 heteroatoms. The van der Waals surface area contributed by atoms with E-state index in [1.807, 2.05) is 0 Å². The SMILES string of the molecule is Cn1ncc(N[C@H]2CCN(C3CCCC3)C2)c(Cl)c1=O. The van der Waals surface area contributed by atoms with Crippen LogP contribution in [-0.4, -0.2) is 39.9 Å². The fraction of sp³-hybridized carbons (Fsp3) is 0.714. The lowest BCUT2D eigenvalue weighted by atomic mass is 10.2. The largest absolute Gasteiger partial charge is 0.378 e. The number of anilines is 1. The van der Waals surface area contributed by atoms with Crippen LogP contribution in [0.4, 0.5) is 5.69 Å². The van der Waals surface area contributed by atoms with E-state index >= 15 is 0 Å². The maximum Gasteiger partial charge on any atom is 0.287 e. The molecule has 1 aliphatic heterocycles. The number of nitrogens with one attached hydrogen (secondary N) is 1. The molecule has 1 aromatic rings. The summed E-state index contributed by atoms with van der Waals surface area (Å²) in [6.07, 6.45) is 8.14. The molecule has 0 amide bonds. The predicted octanol–water partition coefficient (Wildman–Crippen LogP) is 1.86. The molecular weight excluding hydrogens is 276 g/mol. The number of halogens is 1. The first-order valence-electron chi connectivity index (χ1n) is 7.37. The molecule has 0 spiro atoms. The van der Waals surface area contributed by atoms with Crippen LogP contribution in [-0.2, 0) is 7.05 Å². The zero-order valence-corrected chi connectivity index (χ0v) is 12.6. The Morgan fingerprint density at radius 2 is 2.10 bits per heavy atom. The lowest BCUT2D eigenvalue weighted by Crippen LogP contribution is -2.33. The number of hydrogen-bond acceptors (Lipinski definition) is 4. The van der Waals surface area contributed by atoms with Crippen LogP contribution in [0.25, 0.3) is 0 Å². The van der Waals surface area contributed by atoms with Crippen molar-refractivity contribution in [1.29, 1.82) is 0 Å². The summed E-state index contributed by atoms with van der Waals surface area (Å²) in [5.74, 6) is 0. The Kier molecular flexibility index (Phi) is 3.98. The lowest BCUT2D eigenvalue weighted by Gasteiger charge is -2.23. The summed E-state index contributed by atoms with van der Waals surface area (Å²) in [5, 5.41) is 7.64. The highest BCUT2D eigenvalue weighted by Gasteiger charge is 2.30. The van der Waals surface area contributed by atoms with Gasteiger partial charge in [0.05, 0.1) is 11.9 Å². The number of nitrogens with zero attached hydrogens (tertiary/aromatic N) is 3. The van der Waals surface area contributed by atoms with E-state index < -0.39 is 0 Å². The molecule has 0 aromatic carbocycles. The van der Waals surface area contributed by atoms with Gasteiger partial charge in [0.1, 0.15) is 5.02 Å². The van der Waals surface area contributed by atoms with Gasteiger partial charge in [0, 0.05) is 32.2 Å². The third-order valence-corrected chi connectivity index (χ3v) is 4.86. The van der Waals surface area contributed by atoms with Gasteiger partial charge in [-0.25, -0.2) is 4.68 Å². The second-order valence-corrected chi connectivity index (χ2v) is 6.24. The van der Waals surface area contributed by atoms with Crippen LogP contribution in [0.5, 0.6) is 0 Å². The van der Waals surface area contributed by atoms with Gasteiger partial charge in [-0.3, -0.25) is 9.69 Å². The Hall–Kier alpha value is -1.07. The quantitative estimate of drug-likeness (QED) is 0.925. The summed E-state index contributed by atoms with van der Waals surface area (Å²) in [4.78, 5) is 14.3. The van der Waals surface area contributed by atoms with Crippen molar-refractivity contribution in [3.63, 3.8) is 0 Å². The maximum absolute atomic E-state index is 11.8. The molecule has 0 bridgehead atoms. The molecule has 1 saturated heterocycles. The molecule has 110 valence electrons. The van der Waals surface area contributed by atoms with Crippen molar-refractivity contribution < 1.29 is 0 Å². The zero-order valence-electron chi connectivity index (χ0n) is 11.8. The molecule has 1 saturated carbocycles. The molecule has 3 rings (SSSR count). The van der Waals surface area contributed by atoms with E-state index in [1.54, 1.807) is 13.2 Å². The minimum Gasteiger partial charge on any atom is -0.378 e. The number of aryl methyl sites for hydroxylation is 1. The van der Waals surface area contributed by atoms with Gasteiger partial charge in [-0.15, -0.1) is 0 Å². The van der Waals surface area contributed by atoms with E-state index in [4.69, 9.17) is 11.6 Å². The number of rotatable bonds is 3. The zero-order chi connectivity index (χ0) is 14.1. The standard InChI is InChI=1S/C14H21ClN4O/c1-18-14(20)13(15)12(8-16-18)17-10-6-7-19(9-10)11-4-2-3-5-11/h8,10-11,17H,2-7,9H2,1H3/t10-/m0/s1. The van der Waals surface area contributed by atoms with Gasteiger partial charge < -0.3 is 5.32 Å². The summed E-state index contributed by atoms with van der Waals surface area (Å²) < 4.78 is 1.26. The topological polar surface area (TPSA) is 50.2 Å². The molecule has 1 N–H and O–H groups in total. The highest BCUT2D eigenvalue weighted by molar-refractivity contribution is 6.32. The minimum absolute atomic E-state index is 0.238.